The maximum atomic E-state index is 14.1. The summed E-state index contributed by atoms with van der Waals surface area (Å²) in [6, 6.07) is 8.13. The van der Waals surface area contributed by atoms with Gasteiger partial charge in [0, 0.05) is 23.7 Å². The number of primary amides is 1. The predicted molar refractivity (Wildman–Crippen MR) is 106 cm³/mol. The molecule has 0 radical (unpaired) electrons. The summed E-state index contributed by atoms with van der Waals surface area (Å²) < 4.78 is 27.4. The maximum Gasteiger partial charge on any atom is 0.250 e. The molecule has 32 heavy (non-hydrogen) atoms. The maximum absolute atomic E-state index is 14.1. The third-order valence-electron chi connectivity index (χ3n) is 6.44. The van der Waals surface area contributed by atoms with E-state index in [4.69, 9.17) is 5.73 Å². The zero-order valence-electron chi connectivity index (χ0n) is 16.6. The zero-order chi connectivity index (χ0) is 22.8. The lowest BCUT2D eigenvalue weighted by Crippen LogP contribution is -2.53. The Labute approximate surface area is 180 Å². The number of fused-ring (bicyclic) bond motifs is 4. The molecule has 3 aliphatic heterocycles. The smallest absolute Gasteiger partial charge is 0.250 e. The Hall–Kier alpha value is -3.66. The Morgan fingerprint density at radius 2 is 1.72 bits per heavy atom. The first kappa shape index (κ1) is 20.3. The first-order valence-corrected chi connectivity index (χ1v) is 9.99. The molecule has 2 fully saturated rings. The van der Waals surface area contributed by atoms with E-state index in [9.17, 15) is 28.0 Å². The standard InChI is InChI=1S/C22H18F2N4O4/c23-11-3-1-10(2-4-11)9-28-19(30)17-15(8-16(25)29)27-22(18(17)20(28)31)13-7-12(24)5-6-14(13)26-21(22)32/h1-7,15,17-18,27H,8-9H2,(H2,25,29)(H,26,32). The highest BCUT2D eigenvalue weighted by molar-refractivity contribution is 6.15. The first-order valence-electron chi connectivity index (χ1n) is 9.99. The van der Waals surface area contributed by atoms with Crippen LogP contribution in [-0.2, 0) is 31.3 Å². The molecule has 4 atom stereocenters. The Bertz CT molecular complexity index is 1180. The van der Waals surface area contributed by atoms with Crippen molar-refractivity contribution in [3.63, 3.8) is 0 Å². The summed E-state index contributed by atoms with van der Waals surface area (Å²) >= 11 is 0. The molecule has 2 aromatic rings. The number of halogens is 2. The molecule has 2 saturated heterocycles. The number of carbonyl (C=O) groups is 4. The monoisotopic (exact) mass is 440 g/mol. The topological polar surface area (TPSA) is 122 Å². The Balaban J connectivity index is 1.60. The quantitative estimate of drug-likeness (QED) is 0.606. The number of hydrogen-bond donors (Lipinski definition) is 3. The number of anilines is 1. The van der Waals surface area contributed by atoms with Crippen molar-refractivity contribution >= 4 is 29.3 Å². The second-order valence-corrected chi connectivity index (χ2v) is 8.27. The van der Waals surface area contributed by atoms with Crippen molar-refractivity contribution < 1.29 is 28.0 Å². The molecule has 5 rings (SSSR count). The molecule has 10 heteroatoms. The molecule has 0 aliphatic carbocycles. The van der Waals surface area contributed by atoms with E-state index in [1.54, 1.807) is 0 Å². The van der Waals surface area contributed by atoms with Crippen LogP contribution >= 0.6 is 0 Å². The Morgan fingerprint density at radius 1 is 1.03 bits per heavy atom. The third kappa shape index (κ3) is 2.76. The van der Waals surface area contributed by atoms with Gasteiger partial charge in [-0.1, -0.05) is 12.1 Å². The number of imide groups is 1. The largest absolute Gasteiger partial charge is 0.370 e. The van der Waals surface area contributed by atoms with Gasteiger partial charge >= 0.3 is 0 Å². The lowest BCUT2D eigenvalue weighted by atomic mass is 9.76. The van der Waals surface area contributed by atoms with Gasteiger partial charge in [-0.2, -0.15) is 0 Å². The van der Waals surface area contributed by atoms with E-state index in [-0.39, 0.29) is 18.5 Å². The van der Waals surface area contributed by atoms with Crippen LogP contribution in [0.1, 0.15) is 17.5 Å². The van der Waals surface area contributed by atoms with Crippen LogP contribution in [0, 0.1) is 23.5 Å². The van der Waals surface area contributed by atoms with E-state index in [0.717, 1.165) is 11.0 Å². The number of hydrogen-bond acceptors (Lipinski definition) is 5. The van der Waals surface area contributed by atoms with Gasteiger partial charge in [-0.15, -0.1) is 0 Å². The summed E-state index contributed by atoms with van der Waals surface area (Å²) in [5.41, 5.74) is 4.69. The van der Waals surface area contributed by atoms with Crippen molar-refractivity contribution in [2.45, 2.75) is 24.5 Å². The lowest BCUT2D eigenvalue weighted by Gasteiger charge is -2.29. The Morgan fingerprint density at radius 3 is 2.41 bits per heavy atom. The van der Waals surface area contributed by atoms with Gasteiger partial charge in [0.05, 0.1) is 18.4 Å². The normalized spacial score (nSPS) is 28.2. The molecule has 4 amide bonds. The highest BCUT2D eigenvalue weighted by Crippen LogP contribution is 2.53. The summed E-state index contributed by atoms with van der Waals surface area (Å²) in [6.07, 6.45) is -0.287. The van der Waals surface area contributed by atoms with E-state index in [1.165, 1.54) is 36.4 Å². The molecule has 0 saturated carbocycles. The summed E-state index contributed by atoms with van der Waals surface area (Å²) in [5, 5.41) is 5.63. The zero-order valence-corrected chi connectivity index (χ0v) is 16.6. The molecular weight excluding hydrogens is 422 g/mol. The van der Waals surface area contributed by atoms with Crippen LogP contribution in [-0.4, -0.2) is 34.6 Å². The van der Waals surface area contributed by atoms with E-state index >= 15 is 0 Å². The second-order valence-electron chi connectivity index (χ2n) is 8.27. The van der Waals surface area contributed by atoms with Crippen molar-refractivity contribution in [1.29, 1.82) is 0 Å². The summed E-state index contributed by atoms with van der Waals surface area (Å²) in [6.45, 7) is -0.123. The summed E-state index contributed by atoms with van der Waals surface area (Å²) in [5.74, 6) is -5.84. The van der Waals surface area contributed by atoms with E-state index in [0.29, 0.717) is 11.3 Å². The second kappa shape index (κ2) is 6.92. The molecule has 2 aromatic carbocycles. The lowest BCUT2D eigenvalue weighted by molar-refractivity contribution is -0.143. The number of amides is 4. The van der Waals surface area contributed by atoms with Crippen LogP contribution < -0.4 is 16.4 Å². The minimum absolute atomic E-state index is 0.123. The molecule has 164 valence electrons. The van der Waals surface area contributed by atoms with Crippen LogP contribution in [0.5, 0.6) is 0 Å². The fourth-order valence-corrected chi connectivity index (χ4v) is 5.15. The van der Waals surface area contributed by atoms with E-state index in [1.807, 2.05) is 0 Å². The number of carbonyl (C=O) groups excluding carboxylic acids is 4. The molecular formula is C22H18F2N4O4. The van der Waals surface area contributed by atoms with Gasteiger partial charge in [0.15, 0.2) is 0 Å². The molecule has 4 N–H and O–H groups in total. The Kier molecular flexibility index (Phi) is 4.38. The minimum Gasteiger partial charge on any atom is -0.370 e. The third-order valence-corrected chi connectivity index (χ3v) is 6.44. The van der Waals surface area contributed by atoms with Crippen molar-refractivity contribution in [1.82, 2.24) is 10.2 Å². The summed E-state index contributed by atoms with van der Waals surface area (Å²) in [4.78, 5) is 52.7. The number of nitrogens with one attached hydrogen (secondary N) is 2. The van der Waals surface area contributed by atoms with Crippen LogP contribution in [0.3, 0.4) is 0 Å². The van der Waals surface area contributed by atoms with Gasteiger partial charge < -0.3 is 11.1 Å². The van der Waals surface area contributed by atoms with Crippen molar-refractivity contribution in [2.75, 3.05) is 5.32 Å². The van der Waals surface area contributed by atoms with Crippen LogP contribution in [0.25, 0.3) is 0 Å². The molecule has 1 spiro atoms. The van der Waals surface area contributed by atoms with Crippen molar-refractivity contribution in [2.24, 2.45) is 17.6 Å². The first-order chi connectivity index (χ1) is 15.2. The average molecular weight is 440 g/mol. The minimum atomic E-state index is -1.72. The van der Waals surface area contributed by atoms with Gasteiger partial charge in [-0.05, 0) is 35.9 Å². The van der Waals surface area contributed by atoms with Crippen molar-refractivity contribution in [3.05, 3.63) is 65.2 Å². The van der Waals surface area contributed by atoms with Gasteiger partial charge in [-0.25, -0.2) is 8.78 Å². The molecule has 0 aromatic heterocycles. The van der Waals surface area contributed by atoms with Gasteiger partial charge in [0.1, 0.15) is 17.2 Å². The summed E-state index contributed by atoms with van der Waals surface area (Å²) in [7, 11) is 0. The fourth-order valence-electron chi connectivity index (χ4n) is 5.15. The molecule has 4 unspecified atom stereocenters. The average Bonchev–Trinajstić information content (AvgIpc) is 3.30. The predicted octanol–water partition coefficient (Wildman–Crippen LogP) is 0.761. The molecule has 3 aliphatic rings. The van der Waals surface area contributed by atoms with Crippen LogP contribution in [0.4, 0.5) is 14.5 Å². The number of nitrogens with zero attached hydrogens (tertiary/aromatic N) is 1. The molecule has 3 heterocycles. The number of benzene rings is 2. The van der Waals surface area contributed by atoms with Crippen molar-refractivity contribution in [3.8, 4) is 0 Å². The van der Waals surface area contributed by atoms with Crippen LogP contribution in [0.2, 0.25) is 0 Å². The fraction of sp³-hybridized carbons (Fsp3) is 0.273. The SMILES string of the molecule is NC(=O)CC1NC2(C(=O)Nc3ccc(F)cc32)C2C(=O)N(Cc3ccc(F)cc3)C(=O)C12. The number of likely N-dealkylation sites (tertiary alicyclic amines) is 1. The highest BCUT2D eigenvalue weighted by Gasteiger charge is 2.70. The number of rotatable bonds is 4. The van der Waals surface area contributed by atoms with E-state index < -0.39 is 58.7 Å². The van der Waals surface area contributed by atoms with Gasteiger partial charge in [0.25, 0.3) is 0 Å². The van der Waals surface area contributed by atoms with Gasteiger partial charge in [0.2, 0.25) is 23.6 Å². The number of nitrogens with two attached hydrogens (primary N) is 1. The molecule has 8 nitrogen and oxygen atoms in total. The molecule has 0 bridgehead atoms. The van der Waals surface area contributed by atoms with Gasteiger partial charge in [-0.3, -0.25) is 29.4 Å². The van der Waals surface area contributed by atoms with Crippen LogP contribution in [0.15, 0.2) is 42.5 Å². The highest BCUT2D eigenvalue weighted by atomic mass is 19.1. The van der Waals surface area contributed by atoms with E-state index in [2.05, 4.69) is 10.6 Å².